The van der Waals surface area contributed by atoms with E-state index in [1.54, 1.807) is 0 Å². The number of rotatable bonds is 28. The number of unbranched alkanes of at least 4 members (excludes halogenated alkanes) is 12. The van der Waals surface area contributed by atoms with Crippen molar-refractivity contribution in [1.82, 2.24) is 39.9 Å². The lowest BCUT2D eigenvalue weighted by Crippen LogP contribution is -2.03. The molecule has 0 saturated heterocycles. The third kappa shape index (κ3) is 14.0. The number of nitrogens with zero attached hydrogens (tertiary/aromatic N) is 6. The Kier molecular flexibility index (Phi) is 19.3. The van der Waals surface area contributed by atoms with Crippen LogP contribution in [0.1, 0.15) is 153 Å². The second-order valence-electron chi connectivity index (χ2n) is 24.9. The van der Waals surface area contributed by atoms with Crippen LogP contribution >= 0.6 is 0 Å². The molecule has 0 saturated carbocycles. The van der Waals surface area contributed by atoms with Crippen molar-refractivity contribution in [2.75, 3.05) is 47.4 Å². The van der Waals surface area contributed by atoms with Crippen molar-refractivity contribution in [3.8, 4) is 44.5 Å². The van der Waals surface area contributed by atoms with E-state index in [0.29, 0.717) is 0 Å². The second kappa shape index (κ2) is 29.1. The summed E-state index contributed by atoms with van der Waals surface area (Å²) >= 11 is 0. The van der Waals surface area contributed by atoms with Gasteiger partial charge in [0.05, 0.1) is 44.8 Å². The highest BCUT2D eigenvalue weighted by atomic mass is 15.0. The van der Waals surface area contributed by atoms with Crippen LogP contribution in [0.5, 0.6) is 0 Å². The summed E-state index contributed by atoms with van der Waals surface area (Å²) in [5.41, 5.74) is 18.4. The summed E-state index contributed by atoms with van der Waals surface area (Å²) in [4.78, 5) is 40.4. The van der Waals surface area contributed by atoms with E-state index in [4.69, 9.17) is 29.9 Å². The highest BCUT2D eigenvalue weighted by Crippen LogP contribution is 2.41. The van der Waals surface area contributed by atoms with Crippen molar-refractivity contribution in [1.29, 1.82) is 0 Å². The van der Waals surface area contributed by atoms with Crippen LogP contribution in [0.15, 0.2) is 146 Å². The zero-order valence-electron chi connectivity index (χ0n) is 54.0. The van der Waals surface area contributed by atoms with Crippen LogP contribution in [-0.4, -0.2) is 66.1 Å². The van der Waals surface area contributed by atoms with Gasteiger partial charge < -0.3 is 31.2 Å². The van der Waals surface area contributed by atoms with E-state index in [0.717, 1.165) is 208 Å². The quantitative estimate of drug-likeness (QED) is 0.0261. The summed E-state index contributed by atoms with van der Waals surface area (Å²) < 4.78 is 0. The summed E-state index contributed by atoms with van der Waals surface area (Å²) in [5.74, 6) is 3.51. The van der Waals surface area contributed by atoms with Crippen molar-refractivity contribution in [2.24, 2.45) is 0 Å². The Bertz CT molecular complexity index is 4100. The number of H-pyrrole nitrogens is 2. The van der Waals surface area contributed by atoms with Gasteiger partial charge in [-0.15, -0.1) is 0 Å². The summed E-state index contributed by atoms with van der Waals surface area (Å²) in [6, 6.07) is 52.3. The molecule has 0 radical (unpaired) electrons. The molecule has 13 rings (SSSR count). The van der Waals surface area contributed by atoms with E-state index in [2.05, 4.69) is 229 Å². The van der Waals surface area contributed by atoms with E-state index in [-0.39, 0.29) is 0 Å². The molecule has 0 amide bonds. The molecule has 0 unspecified atom stereocenters. The monoisotopic (exact) mass is 1210 g/mol. The zero-order valence-corrected chi connectivity index (χ0v) is 54.0. The summed E-state index contributed by atoms with van der Waals surface area (Å²) in [7, 11) is 0. The Morgan fingerprint density at radius 3 is 0.739 bits per heavy atom. The molecule has 92 heavy (non-hydrogen) atoms. The van der Waals surface area contributed by atoms with Gasteiger partial charge in [0.25, 0.3) is 0 Å². The fourth-order valence-electron chi connectivity index (χ4n) is 13.0. The Morgan fingerprint density at radius 2 is 0.500 bits per heavy atom. The van der Waals surface area contributed by atoms with E-state index in [9.17, 15) is 0 Å². The molecule has 0 fully saturated rings. The van der Waals surface area contributed by atoms with Crippen LogP contribution in [-0.2, 0) is 0 Å². The number of anilines is 4. The van der Waals surface area contributed by atoms with Crippen LogP contribution in [0.25, 0.3) is 134 Å². The summed E-state index contributed by atoms with van der Waals surface area (Å²) in [6.45, 7) is 12.5. The first-order valence-electron chi connectivity index (χ1n) is 34.2. The van der Waals surface area contributed by atoms with Crippen LogP contribution in [0, 0.1) is 0 Å². The van der Waals surface area contributed by atoms with E-state index < -0.39 is 0 Å². The second-order valence-corrected chi connectivity index (χ2v) is 24.9. The number of nitrogens with one attached hydrogen (secondary N) is 6. The molecule has 0 spiro atoms. The van der Waals surface area contributed by atoms with Crippen molar-refractivity contribution in [3.63, 3.8) is 0 Å². The maximum atomic E-state index is 5.74. The molecular weight excluding hydrogens is 1130 g/mol. The number of pyridine rings is 4. The number of aromatic amines is 2. The third-order valence-electron chi connectivity index (χ3n) is 18.0. The summed E-state index contributed by atoms with van der Waals surface area (Å²) in [6.07, 6.45) is 27.7. The lowest BCUT2D eigenvalue weighted by Gasteiger charge is -2.10. The van der Waals surface area contributed by atoms with Gasteiger partial charge in [0.1, 0.15) is 23.3 Å². The Hall–Kier alpha value is -9.68. The SMILES string of the molecule is CCCCCCNc1ccc2ccc(-c3c4nc(c(-c5ccc6ccc(NCCCCCC)nc6c5)c5ccc([nH]5)c(-c5ccc6ccc(NCCCCCC)nc6c5)c5nc(c(-c6ccc7ccc(NCCCCCC)nc7c6)c6ccc3[nH]6)C=C5)C=C4)cc2n1. The summed E-state index contributed by atoms with van der Waals surface area (Å²) in [5, 5.41) is 18.8. The van der Waals surface area contributed by atoms with Crippen LogP contribution in [0.3, 0.4) is 0 Å². The van der Waals surface area contributed by atoms with E-state index in [1.165, 1.54) is 77.0 Å². The first-order chi connectivity index (χ1) is 45.4. The lowest BCUT2D eigenvalue weighted by atomic mass is 10.0. The van der Waals surface area contributed by atoms with Gasteiger partial charge in [0.15, 0.2) is 0 Å². The van der Waals surface area contributed by atoms with Crippen molar-refractivity contribution in [2.45, 2.75) is 130 Å². The van der Waals surface area contributed by atoms with E-state index in [1.807, 2.05) is 0 Å². The predicted octanol–water partition coefficient (Wildman–Crippen LogP) is 21.5. The van der Waals surface area contributed by atoms with Crippen LogP contribution < -0.4 is 21.3 Å². The average molecular weight is 1220 g/mol. The molecule has 4 aromatic carbocycles. The number of fused-ring (bicyclic) bond motifs is 12. The number of hydrogen-bond donors (Lipinski definition) is 6. The maximum Gasteiger partial charge on any atom is 0.126 e. The predicted molar refractivity (Wildman–Crippen MR) is 392 cm³/mol. The van der Waals surface area contributed by atoms with Gasteiger partial charge in [-0.3, -0.25) is 0 Å². The Balaban J connectivity index is 1.04. The number of benzene rings is 4. The Morgan fingerprint density at radius 1 is 0.261 bits per heavy atom. The van der Waals surface area contributed by atoms with E-state index >= 15 is 0 Å². The normalized spacial score (nSPS) is 12.0. The molecule has 12 heteroatoms. The smallest absolute Gasteiger partial charge is 0.126 e. The van der Waals surface area contributed by atoms with Gasteiger partial charge in [0.2, 0.25) is 0 Å². The minimum atomic E-state index is 0.827. The largest absolute Gasteiger partial charge is 0.370 e. The molecule has 6 N–H and O–H groups in total. The van der Waals surface area contributed by atoms with Gasteiger partial charge in [-0.05, 0) is 169 Å². The Labute approximate surface area is 541 Å². The van der Waals surface area contributed by atoms with Gasteiger partial charge in [0, 0.05) is 92.0 Å². The minimum Gasteiger partial charge on any atom is -0.370 e. The first-order valence-corrected chi connectivity index (χ1v) is 34.2. The molecule has 466 valence electrons. The number of aromatic nitrogens is 8. The van der Waals surface area contributed by atoms with Crippen LogP contribution in [0.2, 0.25) is 0 Å². The molecule has 0 atom stereocenters. The van der Waals surface area contributed by atoms with Gasteiger partial charge in [-0.25, -0.2) is 29.9 Å². The molecule has 2 aliphatic heterocycles. The van der Waals surface area contributed by atoms with Gasteiger partial charge in [-0.1, -0.05) is 153 Å². The van der Waals surface area contributed by atoms with Crippen molar-refractivity contribution in [3.05, 3.63) is 168 Å². The van der Waals surface area contributed by atoms with Crippen LogP contribution in [0.4, 0.5) is 23.3 Å². The molecule has 11 aromatic rings. The zero-order chi connectivity index (χ0) is 62.6. The maximum absolute atomic E-state index is 5.74. The van der Waals surface area contributed by atoms with Crippen molar-refractivity contribution < 1.29 is 0 Å². The van der Waals surface area contributed by atoms with Gasteiger partial charge in [-0.2, -0.15) is 0 Å². The lowest BCUT2D eigenvalue weighted by molar-refractivity contribution is 0.684. The van der Waals surface area contributed by atoms with Crippen molar-refractivity contribution >= 4 is 113 Å². The molecule has 8 bridgehead atoms. The molecule has 2 aliphatic rings. The highest BCUT2D eigenvalue weighted by molar-refractivity contribution is 6.03. The minimum absolute atomic E-state index is 0.827. The number of hydrogen-bond acceptors (Lipinski definition) is 10. The fraction of sp³-hybridized carbons (Fsp3) is 0.300. The first kappa shape index (κ1) is 61.2. The molecule has 7 aromatic heterocycles. The fourth-order valence-corrected chi connectivity index (χ4v) is 13.0. The third-order valence-corrected chi connectivity index (χ3v) is 18.0. The average Bonchev–Trinajstić information content (AvgIpc) is 1.74. The topological polar surface area (TPSA) is 157 Å². The van der Waals surface area contributed by atoms with Gasteiger partial charge >= 0.3 is 0 Å². The molecule has 9 heterocycles. The molecule has 12 nitrogen and oxygen atoms in total. The molecular formula is C80H86N12. The highest BCUT2D eigenvalue weighted by Gasteiger charge is 2.21. The molecule has 0 aliphatic carbocycles. The standard InChI is InChI=1S/C80H86N12/c1-5-9-13-17-45-81-73-41-29-53-21-25-57(49-69(53)89-73)77-61-33-35-63(85-61)78(58-26-22-54-30-42-74(90-70(54)50-58)82-46-18-14-10-6-2)65-37-39-67(87-65)80(60-28-24-56-32-44-76(92-72(56)52-60)84-48-20-16-12-8-4)68-40-38-66(88-68)79(64-36-34-62(77)86-64)59-27-23-55-31-43-75(91-71(55)51-59)83-47-19-15-11-7-3/h21-44,49-52,85,88H,5-20,45-48H2,1-4H3,(H,81,89)(H,82,90)(H,83,91)(H,84,92).